The average Bonchev–Trinajstić information content (AvgIpc) is 2.39. The Bertz CT molecular complexity index is 464. The van der Waals surface area contributed by atoms with Crippen molar-refractivity contribution in [3.05, 3.63) is 5.82 Å². The van der Waals surface area contributed by atoms with Gasteiger partial charge in [-0.2, -0.15) is 0 Å². The Morgan fingerprint density at radius 2 is 2.13 bits per heavy atom. The first-order valence-electron chi connectivity index (χ1n) is 4.81. The third-order valence-corrected chi connectivity index (χ3v) is 4.04. The summed E-state index contributed by atoms with van der Waals surface area (Å²) in [5.41, 5.74) is 0. The summed E-state index contributed by atoms with van der Waals surface area (Å²) in [4.78, 5) is 0. The molecule has 84 valence electrons. The van der Waals surface area contributed by atoms with Crippen molar-refractivity contribution < 1.29 is 8.42 Å². The molecule has 1 aliphatic rings. The van der Waals surface area contributed by atoms with Crippen molar-refractivity contribution in [2.24, 2.45) is 13.0 Å². The van der Waals surface area contributed by atoms with E-state index in [-0.39, 0.29) is 5.16 Å². The van der Waals surface area contributed by atoms with Crippen molar-refractivity contribution in [1.82, 2.24) is 14.8 Å². The minimum Gasteiger partial charge on any atom is -0.304 e. The highest BCUT2D eigenvalue weighted by atomic mass is 35.7. The van der Waals surface area contributed by atoms with E-state index in [0.717, 1.165) is 6.42 Å². The van der Waals surface area contributed by atoms with Gasteiger partial charge in [-0.25, -0.2) is 8.42 Å². The van der Waals surface area contributed by atoms with E-state index in [4.69, 9.17) is 10.7 Å². The fraction of sp³-hybridized carbons (Fsp3) is 0.750. The van der Waals surface area contributed by atoms with Gasteiger partial charge in [0.25, 0.3) is 14.2 Å². The summed E-state index contributed by atoms with van der Waals surface area (Å²) in [6, 6.07) is 0. The number of nitrogens with zero attached hydrogens (tertiary/aromatic N) is 3. The van der Waals surface area contributed by atoms with E-state index in [9.17, 15) is 8.42 Å². The predicted molar refractivity (Wildman–Crippen MR) is 55.1 cm³/mol. The lowest BCUT2D eigenvalue weighted by Crippen LogP contribution is -2.16. The minimum absolute atomic E-state index is 0.168. The standard InChI is InChI=1S/C8H12ClN3O2S/c1-12-7(5-6-3-2-4-6)10-11-8(12)15(9,13)14/h6H,2-5H2,1H3. The van der Waals surface area contributed by atoms with Crippen molar-refractivity contribution in [2.45, 2.75) is 30.8 Å². The van der Waals surface area contributed by atoms with Crippen molar-refractivity contribution in [3.63, 3.8) is 0 Å². The van der Waals surface area contributed by atoms with Crippen LogP contribution in [0.5, 0.6) is 0 Å². The van der Waals surface area contributed by atoms with Gasteiger partial charge in [0.05, 0.1) is 0 Å². The molecule has 1 aromatic rings. The zero-order chi connectivity index (χ0) is 11.1. The number of hydrogen-bond donors (Lipinski definition) is 0. The van der Waals surface area contributed by atoms with E-state index >= 15 is 0 Å². The summed E-state index contributed by atoms with van der Waals surface area (Å²) in [5.74, 6) is 1.32. The molecule has 0 spiro atoms. The van der Waals surface area contributed by atoms with Gasteiger partial charge in [0.1, 0.15) is 5.82 Å². The van der Waals surface area contributed by atoms with E-state index < -0.39 is 9.05 Å². The molecule has 5 nitrogen and oxygen atoms in total. The molecule has 0 atom stereocenters. The molecule has 0 radical (unpaired) electrons. The fourth-order valence-corrected chi connectivity index (χ4v) is 2.66. The molecule has 0 unspecified atom stereocenters. The van der Waals surface area contributed by atoms with E-state index in [1.165, 1.54) is 23.8 Å². The third kappa shape index (κ3) is 2.15. The van der Waals surface area contributed by atoms with E-state index in [2.05, 4.69) is 10.2 Å². The maximum atomic E-state index is 11.1. The summed E-state index contributed by atoms with van der Waals surface area (Å²) in [6.07, 6.45) is 4.42. The Morgan fingerprint density at radius 1 is 1.47 bits per heavy atom. The van der Waals surface area contributed by atoms with Gasteiger partial charge < -0.3 is 4.57 Å². The van der Waals surface area contributed by atoms with Crippen LogP contribution in [-0.4, -0.2) is 23.2 Å². The topological polar surface area (TPSA) is 64.8 Å². The molecule has 0 amide bonds. The van der Waals surface area contributed by atoms with Crippen molar-refractivity contribution in [3.8, 4) is 0 Å². The molecule has 2 rings (SSSR count). The molecule has 0 aromatic carbocycles. The highest BCUT2D eigenvalue weighted by molar-refractivity contribution is 8.13. The summed E-state index contributed by atoms with van der Waals surface area (Å²) >= 11 is 0. The van der Waals surface area contributed by atoms with Crippen LogP contribution in [0.2, 0.25) is 0 Å². The lowest BCUT2D eigenvalue weighted by Gasteiger charge is -2.24. The van der Waals surface area contributed by atoms with Crippen LogP contribution in [0.4, 0.5) is 0 Å². The zero-order valence-electron chi connectivity index (χ0n) is 8.35. The largest absolute Gasteiger partial charge is 0.304 e. The molecule has 1 aromatic heterocycles. The summed E-state index contributed by atoms with van der Waals surface area (Å²) in [7, 11) is 3.06. The summed E-state index contributed by atoms with van der Waals surface area (Å²) in [5, 5.41) is 7.28. The fourth-order valence-electron chi connectivity index (χ4n) is 1.69. The SMILES string of the molecule is Cn1c(CC2CCC2)nnc1S(=O)(=O)Cl. The van der Waals surface area contributed by atoms with Crippen LogP contribution in [0.3, 0.4) is 0 Å². The Hall–Kier alpha value is -0.620. The molecule has 0 N–H and O–H groups in total. The van der Waals surface area contributed by atoms with E-state index in [1.807, 2.05) is 0 Å². The van der Waals surface area contributed by atoms with Gasteiger partial charge in [-0.15, -0.1) is 10.2 Å². The average molecular weight is 250 g/mol. The highest BCUT2D eigenvalue weighted by Crippen LogP contribution is 2.29. The first-order chi connectivity index (χ1) is 6.98. The number of rotatable bonds is 3. The van der Waals surface area contributed by atoms with Crippen LogP contribution in [0.1, 0.15) is 25.1 Å². The molecule has 15 heavy (non-hydrogen) atoms. The van der Waals surface area contributed by atoms with Gasteiger partial charge in [0.2, 0.25) is 0 Å². The maximum Gasteiger partial charge on any atom is 0.296 e. The van der Waals surface area contributed by atoms with Crippen LogP contribution in [0.15, 0.2) is 5.16 Å². The molecule has 0 bridgehead atoms. The second-order valence-corrected chi connectivity index (χ2v) is 6.36. The van der Waals surface area contributed by atoms with Crippen molar-refractivity contribution in [2.75, 3.05) is 0 Å². The lowest BCUT2D eigenvalue weighted by atomic mass is 9.83. The monoisotopic (exact) mass is 249 g/mol. The van der Waals surface area contributed by atoms with Crippen LogP contribution in [-0.2, 0) is 22.5 Å². The lowest BCUT2D eigenvalue weighted by molar-refractivity contribution is 0.306. The van der Waals surface area contributed by atoms with Crippen LogP contribution >= 0.6 is 10.7 Å². The van der Waals surface area contributed by atoms with Gasteiger partial charge in [0.15, 0.2) is 0 Å². The quantitative estimate of drug-likeness (QED) is 0.752. The Balaban J connectivity index is 2.23. The molecular weight excluding hydrogens is 238 g/mol. The Labute approximate surface area is 92.9 Å². The molecule has 0 aliphatic heterocycles. The molecule has 1 saturated carbocycles. The predicted octanol–water partition coefficient (Wildman–Crippen LogP) is 1.09. The van der Waals surface area contributed by atoms with Crippen LogP contribution < -0.4 is 0 Å². The van der Waals surface area contributed by atoms with Gasteiger partial charge in [-0.1, -0.05) is 19.3 Å². The third-order valence-electron chi connectivity index (χ3n) is 2.84. The minimum atomic E-state index is -3.78. The van der Waals surface area contributed by atoms with Gasteiger partial charge in [0, 0.05) is 24.2 Å². The van der Waals surface area contributed by atoms with E-state index in [0.29, 0.717) is 11.7 Å². The molecule has 7 heteroatoms. The smallest absolute Gasteiger partial charge is 0.296 e. The second kappa shape index (κ2) is 3.75. The molecule has 0 saturated heterocycles. The van der Waals surface area contributed by atoms with Crippen LogP contribution in [0.25, 0.3) is 0 Å². The van der Waals surface area contributed by atoms with Gasteiger partial charge >= 0.3 is 0 Å². The molecule has 1 heterocycles. The molecule has 1 fully saturated rings. The Kier molecular flexibility index (Phi) is 2.72. The molecular formula is C8H12ClN3O2S. The number of hydrogen-bond acceptors (Lipinski definition) is 4. The summed E-state index contributed by atoms with van der Waals surface area (Å²) < 4.78 is 23.6. The van der Waals surface area contributed by atoms with E-state index in [1.54, 1.807) is 7.05 Å². The van der Waals surface area contributed by atoms with Crippen LogP contribution in [0, 0.1) is 5.92 Å². The van der Waals surface area contributed by atoms with Gasteiger partial charge in [-0.05, 0) is 5.92 Å². The highest BCUT2D eigenvalue weighted by Gasteiger charge is 2.24. The first-order valence-corrected chi connectivity index (χ1v) is 7.12. The molecule has 1 aliphatic carbocycles. The first kappa shape index (κ1) is 10.9. The number of halogens is 1. The van der Waals surface area contributed by atoms with Crippen molar-refractivity contribution >= 4 is 19.7 Å². The van der Waals surface area contributed by atoms with Gasteiger partial charge in [-0.3, -0.25) is 0 Å². The number of aromatic nitrogens is 3. The summed E-state index contributed by atoms with van der Waals surface area (Å²) in [6.45, 7) is 0. The normalized spacial score (nSPS) is 17.7. The second-order valence-electron chi connectivity index (χ2n) is 3.90. The Morgan fingerprint density at radius 3 is 2.53 bits per heavy atom. The maximum absolute atomic E-state index is 11.1. The zero-order valence-corrected chi connectivity index (χ0v) is 9.92. The van der Waals surface area contributed by atoms with Crippen molar-refractivity contribution in [1.29, 1.82) is 0 Å².